The van der Waals surface area contributed by atoms with Gasteiger partial charge in [0.1, 0.15) is 0 Å². The van der Waals surface area contributed by atoms with Gasteiger partial charge in [0.15, 0.2) is 0 Å². The second-order valence-electron chi connectivity index (χ2n) is 3.35. The summed E-state index contributed by atoms with van der Waals surface area (Å²) in [6.45, 7) is 4.03. The highest BCUT2D eigenvalue weighted by atomic mass is 15.3. The van der Waals surface area contributed by atoms with Gasteiger partial charge in [-0.05, 0) is 6.92 Å². The summed E-state index contributed by atoms with van der Waals surface area (Å²) in [6, 6.07) is 0.629. The van der Waals surface area contributed by atoms with Gasteiger partial charge in [-0.1, -0.05) is 0 Å². The number of aromatic nitrogens is 2. The lowest BCUT2D eigenvalue weighted by Gasteiger charge is -2.27. The number of nitrogens with one attached hydrogen (secondary N) is 1. The normalized spacial score (nSPS) is 20.5. The Balaban J connectivity index is 2.12. The van der Waals surface area contributed by atoms with E-state index in [0.717, 1.165) is 18.7 Å². The molecular weight excluding hydrogens is 152 g/mol. The van der Waals surface area contributed by atoms with Crippen molar-refractivity contribution in [3.8, 4) is 0 Å². The lowest BCUT2D eigenvalue weighted by molar-refractivity contribution is 0.318. The molecule has 1 aromatic rings. The Labute approximate surface area is 71.7 Å². The topological polar surface area (TPSA) is 55.9 Å². The molecule has 3 N–H and O–H groups in total. The second kappa shape index (κ2) is 2.88. The highest BCUT2D eigenvalue weighted by molar-refractivity contribution is 5.09. The van der Waals surface area contributed by atoms with E-state index in [1.165, 1.54) is 0 Å². The molecule has 0 aliphatic carbocycles. The molecule has 1 unspecified atom stereocenters. The fourth-order valence-electron chi connectivity index (χ4n) is 1.25. The van der Waals surface area contributed by atoms with Crippen LogP contribution in [0.25, 0.3) is 0 Å². The first-order valence-electron chi connectivity index (χ1n) is 4.27. The Hall–Kier alpha value is -0.870. The van der Waals surface area contributed by atoms with Gasteiger partial charge in [-0.2, -0.15) is 5.10 Å². The molecule has 0 spiro atoms. The van der Waals surface area contributed by atoms with E-state index in [1.54, 1.807) is 0 Å². The molecule has 0 aromatic carbocycles. The van der Waals surface area contributed by atoms with Gasteiger partial charge in [0, 0.05) is 30.9 Å². The summed E-state index contributed by atoms with van der Waals surface area (Å²) in [7, 11) is 0. The summed E-state index contributed by atoms with van der Waals surface area (Å²) >= 11 is 0. The van der Waals surface area contributed by atoms with Crippen molar-refractivity contribution in [2.45, 2.75) is 19.0 Å². The van der Waals surface area contributed by atoms with Crippen molar-refractivity contribution in [3.63, 3.8) is 0 Å². The third-order valence-corrected chi connectivity index (χ3v) is 2.28. The minimum Gasteiger partial charge on any atom is -0.324 e. The molecular formula is C8H14N4. The quantitative estimate of drug-likeness (QED) is 0.652. The van der Waals surface area contributed by atoms with E-state index in [4.69, 9.17) is 5.73 Å². The van der Waals surface area contributed by atoms with Gasteiger partial charge in [0.05, 0.1) is 12.2 Å². The first-order valence-corrected chi connectivity index (χ1v) is 4.27. The number of hydrogen-bond donors (Lipinski definition) is 2. The van der Waals surface area contributed by atoms with E-state index in [0.29, 0.717) is 6.04 Å². The molecule has 0 amide bonds. The number of nitrogens with zero attached hydrogens (tertiary/aromatic N) is 2. The summed E-state index contributed by atoms with van der Waals surface area (Å²) in [4.78, 5) is 0. The maximum absolute atomic E-state index is 5.72. The largest absolute Gasteiger partial charge is 0.324 e. The van der Waals surface area contributed by atoms with Gasteiger partial charge in [0.2, 0.25) is 0 Å². The molecule has 1 aromatic heterocycles. The fraction of sp³-hybridized carbons (Fsp3) is 0.625. The molecule has 66 valence electrons. The lowest BCUT2D eigenvalue weighted by Crippen LogP contribution is -2.43. The van der Waals surface area contributed by atoms with Crippen molar-refractivity contribution in [1.29, 1.82) is 0 Å². The van der Waals surface area contributed by atoms with Crippen molar-refractivity contribution in [3.05, 3.63) is 18.0 Å². The van der Waals surface area contributed by atoms with Crippen LogP contribution in [-0.2, 0) is 0 Å². The molecule has 2 heterocycles. The molecule has 1 saturated heterocycles. The SMILES string of the molecule is CC(N)c1cnn(C2CNC2)c1. The summed E-state index contributed by atoms with van der Waals surface area (Å²) in [5.74, 6) is 0. The van der Waals surface area contributed by atoms with Crippen molar-refractivity contribution < 1.29 is 0 Å². The monoisotopic (exact) mass is 166 g/mol. The van der Waals surface area contributed by atoms with Crippen molar-refractivity contribution >= 4 is 0 Å². The molecule has 1 atom stereocenters. The van der Waals surface area contributed by atoms with Gasteiger partial charge < -0.3 is 11.1 Å². The molecule has 1 fully saturated rings. The Morgan fingerprint density at radius 1 is 1.75 bits per heavy atom. The lowest BCUT2D eigenvalue weighted by atomic mass is 10.2. The van der Waals surface area contributed by atoms with E-state index in [2.05, 4.69) is 10.4 Å². The predicted molar refractivity (Wildman–Crippen MR) is 46.7 cm³/mol. The summed E-state index contributed by atoms with van der Waals surface area (Å²) in [5.41, 5.74) is 6.83. The predicted octanol–water partition coefficient (Wildman–Crippen LogP) is 0.0471. The zero-order chi connectivity index (χ0) is 8.55. The van der Waals surface area contributed by atoms with Crippen LogP contribution in [0.15, 0.2) is 12.4 Å². The van der Waals surface area contributed by atoms with Gasteiger partial charge >= 0.3 is 0 Å². The standard InChI is InChI=1S/C8H14N4/c1-6(9)7-2-11-12(5-7)8-3-10-4-8/h2,5-6,8,10H,3-4,9H2,1H3. The smallest absolute Gasteiger partial charge is 0.0767 e. The summed E-state index contributed by atoms with van der Waals surface area (Å²) < 4.78 is 2.00. The third-order valence-electron chi connectivity index (χ3n) is 2.28. The maximum Gasteiger partial charge on any atom is 0.0767 e. The highest BCUT2D eigenvalue weighted by Gasteiger charge is 2.19. The molecule has 0 saturated carbocycles. The third kappa shape index (κ3) is 1.23. The number of nitrogens with two attached hydrogens (primary N) is 1. The average Bonchev–Trinajstić information content (AvgIpc) is 2.32. The van der Waals surface area contributed by atoms with Crippen LogP contribution in [0.2, 0.25) is 0 Å². The molecule has 0 bridgehead atoms. The molecule has 1 aliphatic rings. The first kappa shape index (κ1) is 7.76. The minimum atomic E-state index is 0.0896. The Morgan fingerprint density at radius 3 is 2.92 bits per heavy atom. The van der Waals surface area contributed by atoms with E-state index < -0.39 is 0 Å². The zero-order valence-electron chi connectivity index (χ0n) is 7.20. The van der Waals surface area contributed by atoms with E-state index in [9.17, 15) is 0 Å². The molecule has 4 heteroatoms. The van der Waals surface area contributed by atoms with Crippen molar-refractivity contribution in [2.75, 3.05) is 13.1 Å². The summed E-state index contributed by atoms with van der Waals surface area (Å²) in [5, 5.41) is 7.46. The Kier molecular flexibility index (Phi) is 1.86. The van der Waals surface area contributed by atoms with Gasteiger partial charge in [-0.15, -0.1) is 0 Å². The van der Waals surface area contributed by atoms with Crippen LogP contribution in [0, 0.1) is 0 Å². The molecule has 2 rings (SSSR count). The van der Waals surface area contributed by atoms with Crippen molar-refractivity contribution in [1.82, 2.24) is 15.1 Å². The van der Waals surface area contributed by atoms with Crippen molar-refractivity contribution in [2.24, 2.45) is 5.73 Å². The number of rotatable bonds is 2. The van der Waals surface area contributed by atoms with Crippen LogP contribution < -0.4 is 11.1 Å². The average molecular weight is 166 g/mol. The van der Waals surface area contributed by atoms with E-state index in [1.807, 2.05) is 24.0 Å². The second-order valence-corrected chi connectivity index (χ2v) is 3.35. The summed E-state index contributed by atoms with van der Waals surface area (Å²) in [6.07, 6.45) is 3.89. The molecule has 1 aliphatic heterocycles. The van der Waals surface area contributed by atoms with Crippen LogP contribution in [0.3, 0.4) is 0 Å². The van der Waals surface area contributed by atoms with Gasteiger partial charge in [-0.25, -0.2) is 0 Å². The fourth-order valence-corrected chi connectivity index (χ4v) is 1.25. The minimum absolute atomic E-state index is 0.0896. The maximum atomic E-state index is 5.72. The Bertz CT molecular complexity index is 262. The number of hydrogen-bond acceptors (Lipinski definition) is 3. The molecule has 12 heavy (non-hydrogen) atoms. The van der Waals surface area contributed by atoms with E-state index >= 15 is 0 Å². The highest BCUT2D eigenvalue weighted by Crippen LogP contribution is 2.14. The van der Waals surface area contributed by atoms with Gasteiger partial charge in [-0.3, -0.25) is 4.68 Å². The Morgan fingerprint density at radius 2 is 2.50 bits per heavy atom. The molecule has 0 radical (unpaired) electrons. The first-order chi connectivity index (χ1) is 5.77. The van der Waals surface area contributed by atoms with E-state index in [-0.39, 0.29) is 6.04 Å². The van der Waals surface area contributed by atoms with Crippen LogP contribution in [0.5, 0.6) is 0 Å². The van der Waals surface area contributed by atoms with Crippen LogP contribution in [0.1, 0.15) is 24.6 Å². The van der Waals surface area contributed by atoms with Crippen LogP contribution in [0.4, 0.5) is 0 Å². The molecule has 4 nitrogen and oxygen atoms in total. The van der Waals surface area contributed by atoms with Crippen LogP contribution in [-0.4, -0.2) is 22.9 Å². The van der Waals surface area contributed by atoms with Crippen LogP contribution >= 0.6 is 0 Å². The zero-order valence-corrected chi connectivity index (χ0v) is 7.20. The van der Waals surface area contributed by atoms with Gasteiger partial charge in [0.25, 0.3) is 0 Å².